The Hall–Kier alpha value is -3.02. The second kappa shape index (κ2) is 7.91. The smallest absolute Gasteiger partial charge is 0.255 e. The van der Waals surface area contributed by atoms with Gasteiger partial charge in [0.15, 0.2) is 11.5 Å². The molecule has 0 saturated heterocycles. The molecule has 0 bridgehead atoms. The van der Waals surface area contributed by atoms with Crippen molar-refractivity contribution in [1.82, 2.24) is 5.32 Å². The molecule has 136 valence electrons. The third-order valence-corrected chi connectivity index (χ3v) is 4.06. The van der Waals surface area contributed by atoms with Crippen LogP contribution in [0.5, 0.6) is 11.5 Å². The maximum atomic E-state index is 12.6. The third kappa shape index (κ3) is 4.14. The molecule has 6 nitrogen and oxygen atoms in total. The summed E-state index contributed by atoms with van der Waals surface area (Å²) in [7, 11) is 1.55. The largest absolute Gasteiger partial charge is 0.493 e. The van der Waals surface area contributed by atoms with Crippen molar-refractivity contribution in [2.24, 2.45) is 0 Å². The molecular formula is C20H22N2O4. The van der Waals surface area contributed by atoms with Crippen LogP contribution in [0.3, 0.4) is 0 Å². The minimum atomic E-state index is -0.319. The molecule has 2 aromatic rings. The molecule has 1 saturated carbocycles. The van der Waals surface area contributed by atoms with Crippen molar-refractivity contribution in [1.29, 1.82) is 0 Å². The molecule has 0 aromatic heterocycles. The van der Waals surface area contributed by atoms with Crippen LogP contribution in [-0.4, -0.2) is 31.6 Å². The van der Waals surface area contributed by atoms with Crippen molar-refractivity contribution in [3.63, 3.8) is 0 Å². The van der Waals surface area contributed by atoms with Gasteiger partial charge in [0.05, 0.1) is 25.0 Å². The van der Waals surface area contributed by atoms with Crippen LogP contribution in [0, 0.1) is 0 Å². The number of hydrogen-bond donors (Lipinski definition) is 2. The number of carbonyl (C=O) groups excluding carboxylic acids is 2. The van der Waals surface area contributed by atoms with Gasteiger partial charge in [-0.2, -0.15) is 0 Å². The summed E-state index contributed by atoms with van der Waals surface area (Å²) in [5.74, 6) is 0.573. The van der Waals surface area contributed by atoms with Crippen molar-refractivity contribution in [2.75, 3.05) is 19.0 Å². The quantitative estimate of drug-likeness (QED) is 0.800. The molecule has 0 heterocycles. The van der Waals surface area contributed by atoms with Crippen LogP contribution in [0.1, 0.15) is 40.5 Å². The molecule has 2 amide bonds. The van der Waals surface area contributed by atoms with E-state index in [2.05, 4.69) is 10.6 Å². The zero-order valence-corrected chi connectivity index (χ0v) is 14.9. The summed E-state index contributed by atoms with van der Waals surface area (Å²) in [6.45, 7) is 2.33. The van der Waals surface area contributed by atoms with Gasteiger partial charge in [0.25, 0.3) is 11.8 Å². The minimum Gasteiger partial charge on any atom is -0.493 e. The fraction of sp³-hybridized carbons (Fsp3) is 0.300. The molecule has 0 unspecified atom stereocenters. The van der Waals surface area contributed by atoms with E-state index in [1.54, 1.807) is 49.6 Å². The monoisotopic (exact) mass is 354 g/mol. The lowest BCUT2D eigenvalue weighted by Crippen LogP contribution is -2.27. The van der Waals surface area contributed by atoms with Crippen LogP contribution in [-0.2, 0) is 0 Å². The van der Waals surface area contributed by atoms with Gasteiger partial charge in [-0.05, 0) is 50.1 Å². The van der Waals surface area contributed by atoms with Gasteiger partial charge in [0.2, 0.25) is 0 Å². The summed E-state index contributed by atoms with van der Waals surface area (Å²) in [6.07, 6.45) is 2.01. The first-order valence-electron chi connectivity index (χ1n) is 8.64. The summed E-state index contributed by atoms with van der Waals surface area (Å²) in [5.41, 5.74) is 1.35. The number of methoxy groups -OCH3 is 1. The molecule has 26 heavy (non-hydrogen) atoms. The summed E-state index contributed by atoms with van der Waals surface area (Å²) in [4.78, 5) is 25.0. The summed E-state index contributed by atoms with van der Waals surface area (Å²) in [5, 5.41) is 5.75. The summed E-state index contributed by atoms with van der Waals surface area (Å²) < 4.78 is 10.7. The zero-order valence-electron chi connectivity index (χ0n) is 14.9. The maximum absolute atomic E-state index is 12.6. The normalized spacial score (nSPS) is 13.0. The first kappa shape index (κ1) is 17.8. The second-order valence-electron chi connectivity index (χ2n) is 6.05. The van der Waals surface area contributed by atoms with E-state index >= 15 is 0 Å². The lowest BCUT2D eigenvalue weighted by molar-refractivity contribution is 0.0952. The van der Waals surface area contributed by atoms with Crippen molar-refractivity contribution in [2.45, 2.75) is 25.8 Å². The molecule has 3 rings (SSSR count). The Morgan fingerprint density at radius 2 is 1.85 bits per heavy atom. The van der Waals surface area contributed by atoms with Crippen LogP contribution in [0.25, 0.3) is 0 Å². The Bertz CT molecular complexity index is 815. The molecule has 1 fully saturated rings. The average molecular weight is 354 g/mol. The Balaban J connectivity index is 1.79. The number of nitrogens with one attached hydrogen (secondary N) is 2. The van der Waals surface area contributed by atoms with Gasteiger partial charge >= 0.3 is 0 Å². The fourth-order valence-electron chi connectivity index (χ4n) is 2.56. The number of anilines is 1. The van der Waals surface area contributed by atoms with Gasteiger partial charge in [-0.3, -0.25) is 9.59 Å². The van der Waals surface area contributed by atoms with E-state index in [0.717, 1.165) is 12.8 Å². The van der Waals surface area contributed by atoms with E-state index in [-0.39, 0.29) is 17.9 Å². The highest BCUT2D eigenvalue weighted by molar-refractivity contribution is 6.09. The van der Waals surface area contributed by atoms with Crippen LogP contribution >= 0.6 is 0 Å². The standard InChI is InChI=1S/C20H22N2O4/c1-3-26-18-12-13(8-11-17(18)25-2)19(23)22-16-7-5-4-6-15(16)20(24)21-14-9-10-14/h4-8,11-12,14H,3,9-10H2,1-2H3,(H,21,24)(H,22,23). The van der Waals surface area contributed by atoms with E-state index in [4.69, 9.17) is 9.47 Å². The molecule has 0 radical (unpaired) electrons. The van der Waals surface area contributed by atoms with Crippen molar-refractivity contribution in [3.8, 4) is 11.5 Å². The van der Waals surface area contributed by atoms with E-state index in [0.29, 0.717) is 34.9 Å². The number of amides is 2. The topological polar surface area (TPSA) is 76.7 Å². The summed E-state index contributed by atoms with van der Waals surface area (Å²) in [6, 6.07) is 12.2. The van der Waals surface area contributed by atoms with Crippen LogP contribution < -0.4 is 20.1 Å². The van der Waals surface area contributed by atoms with E-state index < -0.39 is 0 Å². The third-order valence-electron chi connectivity index (χ3n) is 4.06. The van der Waals surface area contributed by atoms with E-state index in [9.17, 15) is 9.59 Å². The van der Waals surface area contributed by atoms with E-state index in [1.807, 2.05) is 6.92 Å². The van der Waals surface area contributed by atoms with Gasteiger partial charge < -0.3 is 20.1 Å². The van der Waals surface area contributed by atoms with Gasteiger partial charge in [-0.15, -0.1) is 0 Å². The fourth-order valence-corrected chi connectivity index (χ4v) is 2.56. The van der Waals surface area contributed by atoms with Crippen molar-refractivity contribution in [3.05, 3.63) is 53.6 Å². The highest BCUT2D eigenvalue weighted by atomic mass is 16.5. The number of carbonyl (C=O) groups is 2. The molecule has 1 aliphatic rings. The van der Waals surface area contributed by atoms with E-state index in [1.165, 1.54) is 0 Å². The summed E-state index contributed by atoms with van der Waals surface area (Å²) >= 11 is 0. The van der Waals surface area contributed by atoms with Gasteiger partial charge in [0, 0.05) is 11.6 Å². The Kier molecular flexibility index (Phi) is 5.41. The molecule has 1 aliphatic carbocycles. The highest BCUT2D eigenvalue weighted by Crippen LogP contribution is 2.28. The molecular weight excluding hydrogens is 332 g/mol. The number of hydrogen-bond acceptors (Lipinski definition) is 4. The SMILES string of the molecule is CCOc1cc(C(=O)Nc2ccccc2C(=O)NC2CC2)ccc1OC. The lowest BCUT2D eigenvalue weighted by atomic mass is 10.1. The lowest BCUT2D eigenvalue weighted by Gasteiger charge is -2.13. The van der Waals surface area contributed by atoms with Crippen LogP contribution in [0.15, 0.2) is 42.5 Å². The van der Waals surface area contributed by atoms with Gasteiger partial charge in [0.1, 0.15) is 0 Å². The predicted octanol–water partition coefficient (Wildman–Crippen LogP) is 3.24. The highest BCUT2D eigenvalue weighted by Gasteiger charge is 2.25. The molecule has 2 aromatic carbocycles. The number of para-hydroxylation sites is 1. The zero-order chi connectivity index (χ0) is 18.5. The second-order valence-corrected chi connectivity index (χ2v) is 6.05. The molecule has 6 heteroatoms. The molecule has 0 spiro atoms. The number of rotatable bonds is 7. The molecule has 0 aliphatic heterocycles. The first-order chi connectivity index (χ1) is 12.6. The number of benzene rings is 2. The minimum absolute atomic E-state index is 0.173. The number of ether oxygens (including phenoxy) is 2. The van der Waals surface area contributed by atoms with Crippen LogP contribution in [0.2, 0.25) is 0 Å². The van der Waals surface area contributed by atoms with Gasteiger partial charge in [-0.1, -0.05) is 12.1 Å². The Morgan fingerprint density at radius 3 is 2.54 bits per heavy atom. The first-order valence-corrected chi connectivity index (χ1v) is 8.64. The molecule has 2 N–H and O–H groups in total. The Labute approximate surface area is 152 Å². The average Bonchev–Trinajstić information content (AvgIpc) is 3.46. The van der Waals surface area contributed by atoms with Crippen molar-refractivity contribution < 1.29 is 19.1 Å². The van der Waals surface area contributed by atoms with Crippen molar-refractivity contribution >= 4 is 17.5 Å². The molecule has 0 atom stereocenters. The van der Waals surface area contributed by atoms with Gasteiger partial charge in [-0.25, -0.2) is 0 Å². The predicted molar refractivity (Wildman–Crippen MR) is 99.0 cm³/mol. The maximum Gasteiger partial charge on any atom is 0.255 e. The Morgan fingerprint density at radius 1 is 1.08 bits per heavy atom. The van der Waals surface area contributed by atoms with Crippen LogP contribution in [0.4, 0.5) is 5.69 Å².